The Bertz CT molecular complexity index is 543. The topological polar surface area (TPSA) is 52.1 Å². The SMILES string of the molecule is COC(=O)c1ccc(Br)nc1-c1ccccn1. The van der Waals surface area contributed by atoms with E-state index in [1.807, 2.05) is 6.07 Å². The van der Waals surface area contributed by atoms with Gasteiger partial charge in [-0.2, -0.15) is 0 Å². The summed E-state index contributed by atoms with van der Waals surface area (Å²) in [7, 11) is 1.34. The second-order valence-corrected chi connectivity index (χ2v) is 4.05. The van der Waals surface area contributed by atoms with Gasteiger partial charge in [0.1, 0.15) is 10.3 Å². The summed E-state index contributed by atoms with van der Waals surface area (Å²) >= 11 is 3.27. The third-order valence-electron chi connectivity index (χ3n) is 2.17. The van der Waals surface area contributed by atoms with Gasteiger partial charge in [0, 0.05) is 6.20 Å². The number of rotatable bonds is 2. The zero-order valence-electron chi connectivity index (χ0n) is 9.05. The van der Waals surface area contributed by atoms with Gasteiger partial charge in [0.2, 0.25) is 0 Å². The first-order chi connectivity index (χ1) is 8.22. The number of methoxy groups -OCH3 is 1. The van der Waals surface area contributed by atoms with Gasteiger partial charge in [-0.15, -0.1) is 0 Å². The summed E-state index contributed by atoms with van der Waals surface area (Å²) in [6.45, 7) is 0. The van der Waals surface area contributed by atoms with Crippen LogP contribution in [0.1, 0.15) is 10.4 Å². The smallest absolute Gasteiger partial charge is 0.340 e. The fourth-order valence-electron chi connectivity index (χ4n) is 1.41. The van der Waals surface area contributed by atoms with Crippen LogP contribution in [0.2, 0.25) is 0 Å². The minimum absolute atomic E-state index is 0.398. The molecule has 0 amide bonds. The Balaban J connectivity index is 2.59. The van der Waals surface area contributed by atoms with Gasteiger partial charge >= 0.3 is 5.97 Å². The Morgan fingerprint density at radius 3 is 2.76 bits per heavy atom. The van der Waals surface area contributed by atoms with Gasteiger partial charge in [-0.25, -0.2) is 9.78 Å². The molecule has 0 bridgehead atoms. The van der Waals surface area contributed by atoms with Crippen molar-refractivity contribution in [3.8, 4) is 11.4 Å². The Morgan fingerprint density at radius 2 is 2.12 bits per heavy atom. The lowest BCUT2D eigenvalue weighted by Gasteiger charge is -2.06. The van der Waals surface area contributed by atoms with Crippen molar-refractivity contribution in [1.82, 2.24) is 9.97 Å². The van der Waals surface area contributed by atoms with Crippen LogP contribution in [-0.2, 0) is 4.74 Å². The van der Waals surface area contributed by atoms with Crippen LogP contribution in [0.25, 0.3) is 11.4 Å². The Hall–Kier alpha value is -1.75. The summed E-state index contributed by atoms with van der Waals surface area (Å²) in [5.74, 6) is -0.425. The molecule has 0 aliphatic heterocycles. The fourth-order valence-corrected chi connectivity index (χ4v) is 1.72. The highest BCUT2D eigenvalue weighted by Gasteiger charge is 2.15. The molecule has 5 heteroatoms. The van der Waals surface area contributed by atoms with E-state index < -0.39 is 5.97 Å². The van der Waals surface area contributed by atoms with E-state index in [1.54, 1.807) is 30.5 Å². The number of pyridine rings is 2. The summed E-state index contributed by atoms with van der Waals surface area (Å²) < 4.78 is 5.36. The van der Waals surface area contributed by atoms with Gasteiger partial charge in [-0.1, -0.05) is 6.07 Å². The fraction of sp³-hybridized carbons (Fsp3) is 0.0833. The van der Waals surface area contributed by atoms with Gasteiger partial charge in [-0.3, -0.25) is 4.98 Å². The minimum Gasteiger partial charge on any atom is -0.465 e. The van der Waals surface area contributed by atoms with Crippen LogP contribution in [0.4, 0.5) is 0 Å². The molecule has 0 N–H and O–H groups in total. The van der Waals surface area contributed by atoms with E-state index in [2.05, 4.69) is 25.9 Å². The number of esters is 1. The predicted octanol–water partition coefficient (Wildman–Crippen LogP) is 2.69. The molecule has 0 spiro atoms. The number of carbonyl (C=O) groups excluding carboxylic acids is 1. The average Bonchev–Trinajstić information content (AvgIpc) is 2.39. The zero-order chi connectivity index (χ0) is 12.3. The molecule has 2 aromatic rings. The maximum absolute atomic E-state index is 11.6. The standard InChI is InChI=1S/C12H9BrN2O2/c1-17-12(16)8-5-6-10(13)15-11(8)9-4-2-3-7-14-9/h2-7H,1H3. The highest BCUT2D eigenvalue weighted by molar-refractivity contribution is 9.10. The summed E-state index contributed by atoms with van der Waals surface area (Å²) in [4.78, 5) is 20.1. The van der Waals surface area contributed by atoms with Crippen molar-refractivity contribution in [2.75, 3.05) is 7.11 Å². The normalized spacial score (nSPS) is 10.0. The predicted molar refractivity (Wildman–Crippen MR) is 66.5 cm³/mol. The summed E-state index contributed by atoms with van der Waals surface area (Å²) in [6, 6.07) is 8.79. The number of aromatic nitrogens is 2. The van der Waals surface area contributed by atoms with Gasteiger partial charge in [0.05, 0.1) is 18.4 Å². The molecule has 0 saturated heterocycles. The van der Waals surface area contributed by atoms with Crippen molar-refractivity contribution in [3.05, 3.63) is 46.7 Å². The van der Waals surface area contributed by atoms with Crippen LogP contribution in [0.3, 0.4) is 0 Å². The van der Waals surface area contributed by atoms with Crippen molar-refractivity contribution in [3.63, 3.8) is 0 Å². The molecule has 0 saturated carbocycles. The summed E-state index contributed by atoms with van der Waals surface area (Å²) in [5.41, 5.74) is 1.54. The van der Waals surface area contributed by atoms with Gasteiger partial charge in [0.25, 0.3) is 0 Å². The van der Waals surface area contributed by atoms with Crippen molar-refractivity contribution in [2.24, 2.45) is 0 Å². The van der Waals surface area contributed by atoms with Crippen molar-refractivity contribution >= 4 is 21.9 Å². The largest absolute Gasteiger partial charge is 0.465 e. The van der Waals surface area contributed by atoms with Gasteiger partial charge in [-0.05, 0) is 40.2 Å². The maximum Gasteiger partial charge on any atom is 0.340 e. The quantitative estimate of drug-likeness (QED) is 0.631. The zero-order valence-corrected chi connectivity index (χ0v) is 10.6. The third-order valence-corrected chi connectivity index (χ3v) is 2.62. The van der Waals surface area contributed by atoms with E-state index in [0.717, 1.165) is 0 Å². The first-order valence-corrected chi connectivity index (χ1v) is 5.68. The highest BCUT2D eigenvalue weighted by atomic mass is 79.9. The molecule has 0 aromatic carbocycles. The molecule has 2 heterocycles. The van der Waals surface area contributed by atoms with E-state index in [0.29, 0.717) is 21.6 Å². The van der Waals surface area contributed by atoms with Crippen LogP contribution in [-0.4, -0.2) is 23.0 Å². The number of nitrogens with zero attached hydrogens (tertiary/aromatic N) is 2. The summed E-state index contributed by atoms with van der Waals surface area (Å²) in [6.07, 6.45) is 1.65. The van der Waals surface area contributed by atoms with Crippen LogP contribution in [0, 0.1) is 0 Å². The second-order valence-electron chi connectivity index (χ2n) is 3.24. The van der Waals surface area contributed by atoms with Crippen LogP contribution >= 0.6 is 15.9 Å². The first kappa shape index (κ1) is 11.7. The van der Waals surface area contributed by atoms with E-state index in [-0.39, 0.29) is 0 Å². The number of carbonyl (C=O) groups is 1. The van der Waals surface area contributed by atoms with E-state index in [4.69, 9.17) is 4.74 Å². The third kappa shape index (κ3) is 2.50. The molecule has 0 aliphatic carbocycles. The highest BCUT2D eigenvalue weighted by Crippen LogP contribution is 2.22. The maximum atomic E-state index is 11.6. The average molecular weight is 293 g/mol. The first-order valence-electron chi connectivity index (χ1n) is 4.88. The molecule has 0 fully saturated rings. The Labute approximate surface area is 107 Å². The summed E-state index contributed by atoms with van der Waals surface area (Å²) in [5, 5.41) is 0. The van der Waals surface area contributed by atoms with E-state index >= 15 is 0 Å². The lowest BCUT2D eigenvalue weighted by Crippen LogP contribution is -2.05. The lowest BCUT2D eigenvalue weighted by molar-refractivity contribution is 0.0601. The van der Waals surface area contributed by atoms with Crippen LogP contribution in [0.15, 0.2) is 41.1 Å². The molecule has 0 radical (unpaired) electrons. The molecule has 2 rings (SSSR count). The molecule has 17 heavy (non-hydrogen) atoms. The molecular weight excluding hydrogens is 284 g/mol. The molecule has 86 valence electrons. The molecule has 0 atom stereocenters. The molecule has 2 aromatic heterocycles. The molecule has 0 unspecified atom stereocenters. The molecule has 0 aliphatic rings. The second kappa shape index (κ2) is 5.05. The monoisotopic (exact) mass is 292 g/mol. The van der Waals surface area contributed by atoms with Gasteiger partial charge < -0.3 is 4.74 Å². The van der Waals surface area contributed by atoms with Gasteiger partial charge in [0.15, 0.2) is 0 Å². The lowest BCUT2D eigenvalue weighted by atomic mass is 10.1. The van der Waals surface area contributed by atoms with E-state index in [1.165, 1.54) is 7.11 Å². The Morgan fingerprint density at radius 1 is 1.29 bits per heavy atom. The van der Waals surface area contributed by atoms with Crippen molar-refractivity contribution in [2.45, 2.75) is 0 Å². The number of ether oxygens (including phenoxy) is 1. The van der Waals surface area contributed by atoms with E-state index in [9.17, 15) is 4.79 Å². The van der Waals surface area contributed by atoms with Crippen LogP contribution in [0.5, 0.6) is 0 Å². The number of halogens is 1. The Kier molecular flexibility index (Phi) is 3.49. The van der Waals surface area contributed by atoms with Crippen molar-refractivity contribution < 1.29 is 9.53 Å². The van der Waals surface area contributed by atoms with Crippen LogP contribution < -0.4 is 0 Å². The van der Waals surface area contributed by atoms with Crippen molar-refractivity contribution in [1.29, 1.82) is 0 Å². The number of hydrogen-bond acceptors (Lipinski definition) is 4. The number of hydrogen-bond donors (Lipinski definition) is 0. The molecule has 4 nitrogen and oxygen atoms in total. The molecular formula is C12H9BrN2O2. The minimum atomic E-state index is -0.425.